The van der Waals surface area contributed by atoms with Crippen LogP contribution in [-0.4, -0.2) is 45.8 Å². The number of amides is 1. The van der Waals surface area contributed by atoms with Crippen molar-refractivity contribution in [2.75, 3.05) is 18.9 Å². The van der Waals surface area contributed by atoms with E-state index in [1.165, 1.54) is 0 Å². The number of thiazole rings is 1. The maximum atomic E-state index is 12.0. The lowest BCUT2D eigenvalue weighted by molar-refractivity contribution is -0.132. The Hall–Kier alpha value is -0.590. The second-order valence-electron chi connectivity index (χ2n) is 4.73. The second kappa shape index (κ2) is 7.26. The molecule has 1 N–H and O–H groups in total. The van der Waals surface area contributed by atoms with Crippen LogP contribution in [0.1, 0.15) is 30.0 Å². The van der Waals surface area contributed by atoms with E-state index < -0.39 is 0 Å². The van der Waals surface area contributed by atoms with E-state index in [2.05, 4.69) is 10.4 Å². The lowest BCUT2D eigenvalue weighted by Crippen LogP contribution is -2.37. The maximum absolute atomic E-state index is 12.0. The van der Waals surface area contributed by atoms with Crippen molar-refractivity contribution in [3.63, 3.8) is 0 Å². The van der Waals surface area contributed by atoms with Gasteiger partial charge in [-0.2, -0.15) is 11.8 Å². The number of hydrogen-bond acceptors (Lipinski definition) is 5. The minimum absolute atomic E-state index is 0.0543. The largest absolute Gasteiger partial charge is 0.394 e. The summed E-state index contributed by atoms with van der Waals surface area (Å²) >= 11 is 3.41. The summed E-state index contributed by atoms with van der Waals surface area (Å²) in [6.45, 7) is 2.90. The van der Waals surface area contributed by atoms with E-state index in [0.29, 0.717) is 6.42 Å². The summed E-state index contributed by atoms with van der Waals surface area (Å²) in [4.78, 5) is 18.3. The van der Waals surface area contributed by atoms with Crippen molar-refractivity contribution in [2.24, 2.45) is 0 Å². The van der Waals surface area contributed by atoms with E-state index in [9.17, 15) is 9.90 Å². The minimum atomic E-state index is 0.0543. The molecule has 1 aromatic heterocycles. The monoisotopic (exact) mass is 300 g/mol. The zero-order valence-corrected chi connectivity index (χ0v) is 12.8. The molecule has 1 amide bonds. The maximum Gasteiger partial charge on any atom is 0.223 e. The van der Waals surface area contributed by atoms with Gasteiger partial charge >= 0.3 is 0 Å². The third kappa shape index (κ3) is 4.19. The molecule has 6 heteroatoms. The quantitative estimate of drug-likeness (QED) is 0.817. The van der Waals surface area contributed by atoms with E-state index in [-0.39, 0.29) is 18.6 Å². The number of carbonyl (C=O) groups excluding carboxylic acids is 1. The molecule has 2 heterocycles. The smallest absolute Gasteiger partial charge is 0.223 e. The fourth-order valence-corrected chi connectivity index (χ4v) is 3.85. The molecule has 2 rings (SSSR count). The van der Waals surface area contributed by atoms with Gasteiger partial charge in [0.25, 0.3) is 0 Å². The first kappa shape index (κ1) is 14.8. The Kier molecular flexibility index (Phi) is 5.66. The summed E-state index contributed by atoms with van der Waals surface area (Å²) in [7, 11) is 0. The molecule has 19 heavy (non-hydrogen) atoms. The van der Waals surface area contributed by atoms with Crippen molar-refractivity contribution in [3.8, 4) is 0 Å². The molecule has 0 saturated carbocycles. The third-order valence-corrected chi connectivity index (χ3v) is 5.10. The molecule has 0 bridgehead atoms. The van der Waals surface area contributed by atoms with Crippen molar-refractivity contribution >= 4 is 29.0 Å². The van der Waals surface area contributed by atoms with Gasteiger partial charge in [-0.15, -0.1) is 11.3 Å². The molecule has 0 radical (unpaired) electrons. The highest BCUT2D eigenvalue weighted by atomic mass is 32.2. The first-order chi connectivity index (χ1) is 9.20. The van der Waals surface area contributed by atoms with Crippen LogP contribution in [0.25, 0.3) is 0 Å². The first-order valence-electron chi connectivity index (χ1n) is 6.60. The number of aryl methyl sites for hydroxylation is 1. The van der Waals surface area contributed by atoms with Crippen LogP contribution >= 0.6 is 23.1 Å². The van der Waals surface area contributed by atoms with Crippen LogP contribution in [0.4, 0.5) is 0 Å². The average molecular weight is 300 g/mol. The van der Waals surface area contributed by atoms with E-state index in [1.54, 1.807) is 23.1 Å². The molecule has 0 spiro atoms. The van der Waals surface area contributed by atoms with Crippen molar-refractivity contribution in [1.82, 2.24) is 9.88 Å². The Labute approximate surface area is 122 Å². The fourth-order valence-electron chi connectivity index (χ4n) is 2.31. The Morgan fingerprint density at radius 2 is 2.53 bits per heavy atom. The third-order valence-electron chi connectivity index (χ3n) is 3.29. The van der Waals surface area contributed by atoms with Gasteiger partial charge < -0.3 is 10.0 Å². The van der Waals surface area contributed by atoms with Gasteiger partial charge in [-0.25, -0.2) is 4.98 Å². The summed E-state index contributed by atoms with van der Waals surface area (Å²) in [6, 6.07) is 0.0543. The molecule has 0 aliphatic carbocycles. The molecule has 1 atom stereocenters. The van der Waals surface area contributed by atoms with Crippen LogP contribution in [0, 0.1) is 6.92 Å². The van der Waals surface area contributed by atoms with Crippen LogP contribution in [0.5, 0.6) is 0 Å². The Morgan fingerprint density at radius 3 is 3.21 bits per heavy atom. The van der Waals surface area contributed by atoms with Gasteiger partial charge in [0.1, 0.15) is 0 Å². The lowest BCUT2D eigenvalue weighted by Gasteiger charge is -2.22. The van der Waals surface area contributed by atoms with Crippen LogP contribution in [0.2, 0.25) is 0 Å². The van der Waals surface area contributed by atoms with Crippen LogP contribution in [0.15, 0.2) is 5.38 Å². The predicted molar refractivity (Wildman–Crippen MR) is 79.5 cm³/mol. The zero-order chi connectivity index (χ0) is 13.7. The normalized spacial score (nSPS) is 19.1. The van der Waals surface area contributed by atoms with Crippen molar-refractivity contribution in [3.05, 3.63) is 16.1 Å². The molecule has 1 fully saturated rings. The minimum Gasteiger partial charge on any atom is -0.394 e. The molecule has 4 nitrogen and oxygen atoms in total. The standard InChI is InChI=1S/C13H20N2O2S2/c1-10-14-11(9-19-10)8-18-6-4-13(17)15-5-2-3-12(15)7-16/h9,12,16H,2-8H2,1H3/t12-/m0/s1. The number of nitrogens with zero attached hydrogens (tertiary/aromatic N) is 2. The molecule has 1 aromatic rings. The number of aliphatic hydroxyl groups is 1. The van der Waals surface area contributed by atoms with E-state index in [0.717, 1.165) is 41.6 Å². The topological polar surface area (TPSA) is 53.4 Å². The first-order valence-corrected chi connectivity index (χ1v) is 8.63. The molecule has 1 aliphatic heterocycles. The highest BCUT2D eigenvalue weighted by molar-refractivity contribution is 7.98. The second-order valence-corrected chi connectivity index (χ2v) is 6.89. The number of carbonyl (C=O) groups is 1. The van der Waals surface area contributed by atoms with Crippen molar-refractivity contribution in [1.29, 1.82) is 0 Å². The van der Waals surface area contributed by atoms with Gasteiger partial charge in [-0.3, -0.25) is 4.79 Å². The van der Waals surface area contributed by atoms with Gasteiger partial charge in [0.05, 0.1) is 23.4 Å². The summed E-state index contributed by atoms with van der Waals surface area (Å²) in [5.41, 5.74) is 1.11. The summed E-state index contributed by atoms with van der Waals surface area (Å²) in [5, 5.41) is 12.4. The molecule has 0 unspecified atom stereocenters. The van der Waals surface area contributed by atoms with Gasteiger partial charge in [-0.05, 0) is 19.8 Å². The summed E-state index contributed by atoms with van der Waals surface area (Å²) in [6.07, 6.45) is 2.51. The van der Waals surface area contributed by atoms with Crippen LogP contribution in [-0.2, 0) is 10.5 Å². The average Bonchev–Trinajstić information content (AvgIpc) is 3.02. The van der Waals surface area contributed by atoms with Gasteiger partial charge in [0.15, 0.2) is 0 Å². The van der Waals surface area contributed by atoms with Crippen LogP contribution in [0.3, 0.4) is 0 Å². The Bertz CT molecular complexity index is 423. The van der Waals surface area contributed by atoms with E-state index >= 15 is 0 Å². The zero-order valence-electron chi connectivity index (χ0n) is 11.2. The van der Waals surface area contributed by atoms with Gasteiger partial charge in [0.2, 0.25) is 5.91 Å². The number of likely N-dealkylation sites (tertiary alicyclic amines) is 1. The number of thioether (sulfide) groups is 1. The van der Waals surface area contributed by atoms with Crippen molar-refractivity contribution < 1.29 is 9.90 Å². The SMILES string of the molecule is Cc1nc(CSCCC(=O)N2CCC[C@H]2CO)cs1. The van der Waals surface area contributed by atoms with E-state index in [1.807, 2.05) is 11.8 Å². The number of aliphatic hydroxyl groups excluding tert-OH is 1. The molecular formula is C13H20N2O2S2. The summed E-state index contributed by atoms with van der Waals surface area (Å²) in [5.74, 6) is 1.88. The molecular weight excluding hydrogens is 280 g/mol. The Balaban J connectivity index is 1.66. The number of aromatic nitrogens is 1. The van der Waals surface area contributed by atoms with Crippen LogP contribution < -0.4 is 0 Å². The van der Waals surface area contributed by atoms with Gasteiger partial charge in [-0.1, -0.05) is 0 Å². The van der Waals surface area contributed by atoms with Crippen molar-refractivity contribution in [2.45, 2.75) is 38.0 Å². The highest BCUT2D eigenvalue weighted by Gasteiger charge is 2.27. The molecule has 0 aromatic carbocycles. The number of rotatable bonds is 6. The predicted octanol–water partition coefficient (Wildman–Crippen LogP) is 2.06. The Morgan fingerprint density at radius 1 is 1.68 bits per heavy atom. The lowest BCUT2D eigenvalue weighted by atomic mass is 10.2. The molecule has 1 saturated heterocycles. The molecule has 1 aliphatic rings. The fraction of sp³-hybridized carbons (Fsp3) is 0.692. The number of hydrogen-bond donors (Lipinski definition) is 1. The van der Waals surface area contributed by atoms with Gasteiger partial charge in [0, 0.05) is 29.9 Å². The molecule has 106 valence electrons. The highest BCUT2D eigenvalue weighted by Crippen LogP contribution is 2.20. The van der Waals surface area contributed by atoms with E-state index in [4.69, 9.17) is 0 Å². The summed E-state index contributed by atoms with van der Waals surface area (Å²) < 4.78 is 0.